The fraction of sp³-hybridized carbons (Fsp3) is 0.220. The van der Waals surface area contributed by atoms with Gasteiger partial charge in [0.15, 0.2) is 6.29 Å². The van der Waals surface area contributed by atoms with Crippen LogP contribution in [0.1, 0.15) is 72.9 Å². The minimum atomic E-state index is -0.616. The number of rotatable bonds is 11. The van der Waals surface area contributed by atoms with Crippen LogP contribution in [-0.2, 0) is 35.7 Å². The average molecular weight is 639 g/mol. The van der Waals surface area contributed by atoms with E-state index < -0.39 is 6.29 Å². The minimum absolute atomic E-state index is 0.0127. The van der Waals surface area contributed by atoms with E-state index in [4.69, 9.17) is 9.47 Å². The fourth-order valence-corrected chi connectivity index (χ4v) is 6.53. The summed E-state index contributed by atoms with van der Waals surface area (Å²) in [5.74, 6) is -0.542. The van der Waals surface area contributed by atoms with E-state index in [2.05, 4.69) is 53.4 Å². The molecule has 48 heavy (non-hydrogen) atoms. The summed E-state index contributed by atoms with van der Waals surface area (Å²) >= 11 is 0. The molecular formula is C41H38N2O5. The van der Waals surface area contributed by atoms with Crippen LogP contribution in [0.15, 0.2) is 133 Å². The number of nitrogens with zero attached hydrogens (tertiary/aromatic N) is 2. The third kappa shape index (κ3) is 7.15. The molecule has 0 aliphatic carbocycles. The van der Waals surface area contributed by atoms with Crippen molar-refractivity contribution in [1.82, 2.24) is 9.80 Å². The summed E-state index contributed by atoms with van der Waals surface area (Å²) in [4.78, 5) is 29.6. The van der Waals surface area contributed by atoms with Crippen molar-refractivity contribution < 1.29 is 24.2 Å². The van der Waals surface area contributed by atoms with Crippen LogP contribution in [0.4, 0.5) is 0 Å². The molecule has 7 nitrogen and oxygen atoms in total. The smallest absolute Gasteiger partial charge is 0.261 e. The van der Waals surface area contributed by atoms with E-state index in [1.54, 1.807) is 24.3 Å². The van der Waals surface area contributed by atoms with E-state index in [1.807, 2.05) is 60.7 Å². The monoisotopic (exact) mass is 638 g/mol. The van der Waals surface area contributed by atoms with Crippen LogP contribution in [0.5, 0.6) is 0 Å². The van der Waals surface area contributed by atoms with E-state index in [0.29, 0.717) is 24.1 Å². The first-order valence-electron chi connectivity index (χ1n) is 16.4. The molecule has 1 N–H and O–H groups in total. The summed E-state index contributed by atoms with van der Waals surface area (Å²) in [6.45, 7) is 2.44. The van der Waals surface area contributed by atoms with Gasteiger partial charge in [-0.1, -0.05) is 121 Å². The van der Waals surface area contributed by atoms with Gasteiger partial charge >= 0.3 is 0 Å². The van der Waals surface area contributed by atoms with Crippen molar-refractivity contribution in [2.45, 2.75) is 51.2 Å². The Kier molecular flexibility index (Phi) is 9.54. The SMILES string of the molecule is O=C1c2ccccc2C(=O)N1Cc1ccc([C@@H]2O[C@H](CN(Cc3ccccc3)Cc3ccccc3)C[C@H](c3ccc(CO)cc3)O2)cc1. The maximum Gasteiger partial charge on any atom is 0.261 e. The van der Waals surface area contributed by atoms with Crippen LogP contribution in [-0.4, -0.2) is 39.4 Å². The molecule has 2 aliphatic rings. The maximum atomic E-state index is 12.9. The Balaban J connectivity index is 1.11. The normalized spacial score (nSPS) is 19.1. The molecule has 2 heterocycles. The standard InChI is InChI=1S/C41H38N2O5/c44-28-32-17-19-33(20-18-32)38-23-35(27-42(24-29-9-3-1-4-10-29)25-30-11-5-2-6-12-30)47-41(48-38)34-21-15-31(16-22-34)26-43-39(45)36-13-7-8-14-37(36)40(43)46/h1-22,35,38,41,44H,23-28H2/t35-,38+,41+/m0/s1. The van der Waals surface area contributed by atoms with Gasteiger partial charge in [0.1, 0.15) is 0 Å². The van der Waals surface area contributed by atoms with Gasteiger partial charge in [0.2, 0.25) is 0 Å². The Labute approximate surface area is 281 Å². The minimum Gasteiger partial charge on any atom is -0.392 e. The Morgan fingerprint density at radius 3 is 1.69 bits per heavy atom. The highest BCUT2D eigenvalue weighted by atomic mass is 16.7. The third-order valence-electron chi connectivity index (χ3n) is 9.05. The molecule has 0 aromatic heterocycles. The highest BCUT2D eigenvalue weighted by Gasteiger charge is 2.36. The number of hydrogen-bond acceptors (Lipinski definition) is 6. The molecule has 3 atom stereocenters. The van der Waals surface area contributed by atoms with Gasteiger partial charge in [-0.25, -0.2) is 0 Å². The molecule has 2 amide bonds. The van der Waals surface area contributed by atoms with Gasteiger partial charge in [0.25, 0.3) is 11.8 Å². The Morgan fingerprint density at radius 1 is 0.604 bits per heavy atom. The van der Waals surface area contributed by atoms with Gasteiger partial charge in [-0.2, -0.15) is 0 Å². The molecule has 0 radical (unpaired) electrons. The number of aliphatic hydroxyl groups is 1. The Hall–Kier alpha value is -4.92. The van der Waals surface area contributed by atoms with Gasteiger partial charge < -0.3 is 14.6 Å². The van der Waals surface area contributed by atoms with Crippen molar-refractivity contribution in [3.63, 3.8) is 0 Å². The summed E-state index contributed by atoms with van der Waals surface area (Å²) < 4.78 is 13.3. The van der Waals surface area contributed by atoms with Crippen molar-refractivity contribution in [2.75, 3.05) is 6.54 Å². The molecule has 2 aliphatic heterocycles. The van der Waals surface area contributed by atoms with Gasteiger partial charge in [-0.05, 0) is 39.9 Å². The van der Waals surface area contributed by atoms with E-state index in [-0.39, 0.29) is 37.2 Å². The second-order valence-corrected chi connectivity index (χ2v) is 12.5. The molecule has 1 saturated heterocycles. The molecule has 0 saturated carbocycles. The molecule has 7 rings (SSSR count). The van der Waals surface area contributed by atoms with Gasteiger partial charge in [0.05, 0.1) is 36.5 Å². The summed E-state index contributed by atoms with van der Waals surface area (Å²) in [6.07, 6.45) is -0.283. The number of benzene rings is 5. The van der Waals surface area contributed by atoms with Crippen LogP contribution in [0.2, 0.25) is 0 Å². The van der Waals surface area contributed by atoms with Gasteiger partial charge in [0, 0.05) is 31.6 Å². The topological polar surface area (TPSA) is 79.3 Å². The lowest BCUT2D eigenvalue weighted by molar-refractivity contribution is -0.253. The van der Waals surface area contributed by atoms with E-state index in [9.17, 15) is 14.7 Å². The average Bonchev–Trinajstić information content (AvgIpc) is 3.37. The highest BCUT2D eigenvalue weighted by Crippen LogP contribution is 2.38. The molecule has 1 fully saturated rings. The van der Waals surface area contributed by atoms with Gasteiger partial charge in [-0.15, -0.1) is 0 Å². The second kappa shape index (κ2) is 14.5. The zero-order valence-corrected chi connectivity index (χ0v) is 26.7. The number of hydrogen-bond donors (Lipinski definition) is 1. The molecule has 0 bridgehead atoms. The molecule has 0 unspecified atom stereocenters. The first-order chi connectivity index (χ1) is 23.5. The third-order valence-corrected chi connectivity index (χ3v) is 9.05. The first kappa shape index (κ1) is 31.7. The van der Waals surface area contributed by atoms with E-state index in [0.717, 1.165) is 35.3 Å². The number of aliphatic hydroxyl groups excluding tert-OH is 1. The largest absolute Gasteiger partial charge is 0.392 e. The molecule has 0 spiro atoms. The first-order valence-corrected chi connectivity index (χ1v) is 16.4. The van der Waals surface area contributed by atoms with Crippen molar-refractivity contribution in [3.05, 3.63) is 178 Å². The molecule has 5 aromatic carbocycles. The zero-order chi connectivity index (χ0) is 32.9. The summed E-state index contributed by atoms with van der Waals surface area (Å²) in [5.41, 5.74) is 6.95. The van der Waals surface area contributed by atoms with Crippen LogP contribution >= 0.6 is 0 Å². The number of amides is 2. The predicted molar refractivity (Wildman–Crippen MR) is 183 cm³/mol. The molecule has 5 aromatic rings. The predicted octanol–water partition coefficient (Wildman–Crippen LogP) is 7.22. The lowest BCUT2D eigenvalue weighted by atomic mass is 9.99. The Bertz CT molecular complexity index is 1770. The number of carbonyl (C=O) groups is 2. The van der Waals surface area contributed by atoms with E-state index >= 15 is 0 Å². The summed E-state index contributed by atoms with van der Waals surface area (Å²) in [5, 5.41) is 9.60. The fourth-order valence-electron chi connectivity index (χ4n) is 6.53. The van der Waals surface area contributed by atoms with Crippen LogP contribution in [0.3, 0.4) is 0 Å². The second-order valence-electron chi connectivity index (χ2n) is 12.5. The van der Waals surface area contributed by atoms with Crippen molar-refractivity contribution in [1.29, 1.82) is 0 Å². The van der Waals surface area contributed by atoms with Gasteiger partial charge in [-0.3, -0.25) is 19.4 Å². The zero-order valence-electron chi connectivity index (χ0n) is 26.7. The lowest BCUT2D eigenvalue weighted by Gasteiger charge is -2.38. The molecule has 7 heteroatoms. The van der Waals surface area contributed by atoms with Crippen molar-refractivity contribution in [2.24, 2.45) is 0 Å². The molecular weight excluding hydrogens is 600 g/mol. The van der Waals surface area contributed by atoms with Crippen LogP contribution < -0.4 is 0 Å². The number of carbonyl (C=O) groups excluding carboxylic acids is 2. The molecule has 242 valence electrons. The number of ether oxygens (including phenoxy) is 2. The summed E-state index contributed by atoms with van der Waals surface area (Å²) in [7, 11) is 0. The Morgan fingerprint density at radius 2 is 1.12 bits per heavy atom. The van der Waals surface area contributed by atoms with Crippen LogP contribution in [0.25, 0.3) is 0 Å². The number of fused-ring (bicyclic) bond motifs is 1. The van der Waals surface area contributed by atoms with Crippen molar-refractivity contribution in [3.8, 4) is 0 Å². The van der Waals surface area contributed by atoms with Crippen LogP contribution in [0, 0.1) is 0 Å². The quantitative estimate of drug-likeness (QED) is 0.154. The summed E-state index contributed by atoms with van der Waals surface area (Å²) in [6, 6.07) is 43.6. The lowest BCUT2D eigenvalue weighted by Crippen LogP contribution is -2.39. The highest BCUT2D eigenvalue weighted by molar-refractivity contribution is 6.21. The maximum absolute atomic E-state index is 12.9. The van der Waals surface area contributed by atoms with E-state index in [1.165, 1.54) is 16.0 Å². The van der Waals surface area contributed by atoms with Crippen molar-refractivity contribution >= 4 is 11.8 Å². The number of imide groups is 1.